The number of rotatable bonds is 5. The van der Waals surface area contributed by atoms with Gasteiger partial charge in [-0.1, -0.05) is 36.4 Å². The Balaban J connectivity index is 1.31. The van der Waals surface area contributed by atoms with E-state index in [1.807, 2.05) is 27.7 Å². The quantitative estimate of drug-likeness (QED) is 0.595. The molecule has 3 aromatic rings. The summed E-state index contributed by atoms with van der Waals surface area (Å²) in [5.41, 5.74) is 3.58. The Morgan fingerprint density at radius 1 is 1.06 bits per heavy atom. The molecule has 1 amide bonds. The van der Waals surface area contributed by atoms with Crippen LogP contribution >= 0.6 is 0 Å². The van der Waals surface area contributed by atoms with Gasteiger partial charge in [-0.2, -0.15) is 0 Å². The highest BCUT2D eigenvalue weighted by Gasteiger charge is 2.31. The lowest BCUT2D eigenvalue weighted by molar-refractivity contribution is 0.0238. The lowest BCUT2D eigenvalue weighted by Gasteiger charge is -2.41. The summed E-state index contributed by atoms with van der Waals surface area (Å²) in [7, 11) is 0. The summed E-state index contributed by atoms with van der Waals surface area (Å²) in [5.74, 6) is -0.257. The minimum absolute atomic E-state index is 0.00532. The van der Waals surface area contributed by atoms with Crippen LogP contribution in [0, 0.1) is 5.82 Å². The topological polar surface area (TPSA) is 61.6 Å². The first-order valence-corrected chi connectivity index (χ1v) is 12.6. The van der Waals surface area contributed by atoms with Crippen LogP contribution in [0.2, 0.25) is 0 Å². The van der Waals surface area contributed by atoms with Crippen LogP contribution < -0.4 is 0 Å². The Morgan fingerprint density at radius 3 is 2.54 bits per heavy atom. The second-order valence-corrected chi connectivity index (χ2v) is 9.77. The van der Waals surface area contributed by atoms with E-state index in [0.717, 1.165) is 55.5 Å². The molecule has 0 radical (unpaired) electrons. The number of aromatic nitrogens is 2. The largest absolute Gasteiger partial charge is 0.392 e. The minimum Gasteiger partial charge on any atom is -0.392 e. The summed E-state index contributed by atoms with van der Waals surface area (Å²) in [5, 5.41) is 10.0. The molecule has 2 saturated heterocycles. The van der Waals surface area contributed by atoms with Crippen LogP contribution in [0.4, 0.5) is 4.39 Å². The fourth-order valence-corrected chi connectivity index (χ4v) is 5.59. The third kappa shape index (κ3) is 5.02. The zero-order valence-electron chi connectivity index (χ0n) is 20.2. The van der Waals surface area contributed by atoms with Gasteiger partial charge in [0, 0.05) is 25.7 Å². The van der Waals surface area contributed by atoms with Crippen LogP contribution in [-0.4, -0.2) is 68.7 Å². The normalized spacial score (nSPS) is 20.7. The molecule has 2 aliphatic heterocycles. The molecule has 184 valence electrons. The number of β-amino-alcohol motifs (C(OH)–C–C–N with tert-alkyl or cyclic N) is 1. The van der Waals surface area contributed by atoms with E-state index in [0.29, 0.717) is 24.8 Å². The molecule has 1 N–H and O–H groups in total. The van der Waals surface area contributed by atoms with Crippen molar-refractivity contribution in [2.24, 2.45) is 0 Å². The third-order valence-electron chi connectivity index (χ3n) is 7.56. The van der Waals surface area contributed by atoms with Crippen molar-refractivity contribution in [3.63, 3.8) is 0 Å². The van der Waals surface area contributed by atoms with Crippen LogP contribution in [-0.2, 0) is 0 Å². The summed E-state index contributed by atoms with van der Waals surface area (Å²) in [4.78, 5) is 22.2. The number of likely N-dealkylation sites (tertiary alicyclic amines) is 2. The summed E-state index contributed by atoms with van der Waals surface area (Å²) < 4.78 is 15.4. The molecule has 0 spiro atoms. The number of carbonyl (C=O) groups excluding carboxylic acids is 1. The second-order valence-electron chi connectivity index (χ2n) is 9.77. The number of amides is 1. The van der Waals surface area contributed by atoms with Crippen LogP contribution in [0.15, 0.2) is 61.1 Å². The molecule has 0 bridgehead atoms. The first-order valence-electron chi connectivity index (χ1n) is 12.6. The second kappa shape index (κ2) is 10.3. The van der Waals surface area contributed by atoms with Crippen molar-refractivity contribution in [3.8, 4) is 11.1 Å². The molecular formula is C28H33FN4O2. The van der Waals surface area contributed by atoms with E-state index in [9.17, 15) is 14.3 Å². The summed E-state index contributed by atoms with van der Waals surface area (Å²) in [6.07, 6.45) is 6.94. The summed E-state index contributed by atoms with van der Waals surface area (Å²) in [6.45, 7) is 5.27. The number of halogens is 1. The number of hydrogen-bond acceptors (Lipinski definition) is 4. The summed E-state index contributed by atoms with van der Waals surface area (Å²) >= 11 is 0. The van der Waals surface area contributed by atoms with E-state index in [4.69, 9.17) is 0 Å². The van der Waals surface area contributed by atoms with Gasteiger partial charge in [0.05, 0.1) is 24.7 Å². The molecule has 35 heavy (non-hydrogen) atoms. The van der Waals surface area contributed by atoms with Crippen molar-refractivity contribution in [3.05, 3.63) is 78.1 Å². The molecule has 2 fully saturated rings. The van der Waals surface area contributed by atoms with Gasteiger partial charge in [-0.15, -0.1) is 0 Å². The monoisotopic (exact) mass is 476 g/mol. The highest BCUT2D eigenvalue weighted by Crippen LogP contribution is 2.31. The van der Waals surface area contributed by atoms with Crippen LogP contribution in [0.25, 0.3) is 11.1 Å². The lowest BCUT2D eigenvalue weighted by atomic mass is 9.95. The van der Waals surface area contributed by atoms with Crippen LogP contribution in [0.3, 0.4) is 0 Å². The third-order valence-corrected chi connectivity index (χ3v) is 7.56. The molecule has 3 heterocycles. The average Bonchev–Trinajstić information content (AvgIpc) is 3.38. The van der Waals surface area contributed by atoms with E-state index < -0.39 is 0 Å². The molecular weight excluding hydrogens is 443 g/mol. The molecule has 7 heteroatoms. The average molecular weight is 477 g/mol. The first kappa shape index (κ1) is 23.7. The minimum atomic E-state index is -0.262. The molecule has 6 nitrogen and oxygen atoms in total. The molecule has 2 aromatic carbocycles. The maximum absolute atomic E-state index is 13.5. The zero-order chi connectivity index (χ0) is 24.4. The van der Waals surface area contributed by atoms with E-state index in [1.165, 1.54) is 12.1 Å². The molecule has 1 aromatic heterocycles. The smallest absolute Gasteiger partial charge is 0.272 e. The van der Waals surface area contributed by atoms with Gasteiger partial charge in [0.15, 0.2) is 0 Å². The van der Waals surface area contributed by atoms with Crippen molar-refractivity contribution in [2.45, 2.75) is 50.8 Å². The van der Waals surface area contributed by atoms with Gasteiger partial charge in [-0.3, -0.25) is 9.69 Å². The van der Waals surface area contributed by atoms with Gasteiger partial charge in [0.25, 0.3) is 5.91 Å². The Hall–Kier alpha value is -3.03. The van der Waals surface area contributed by atoms with E-state index in [2.05, 4.69) is 22.9 Å². The van der Waals surface area contributed by atoms with Crippen molar-refractivity contribution in [1.29, 1.82) is 0 Å². The highest BCUT2D eigenvalue weighted by atomic mass is 19.1. The summed E-state index contributed by atoms with van der Waals surface area (Å²) in [6, 6.07) is 14.9. The van der Waals surface area contributed by atoms with Crippen molar-refractivity contribution in [1.82, 2.24) is 19.4 Å². The predicted octanol–water partition coefficient (Wildman–Crippen LogP) is 4.36. The lowest BCUT2D eigenvalue weighted by Crippen LogP contribution is -2.50. The number of benzene rings is 2. The SMILES string of the molecule is CC(c1ccccc1-c1ccc(F)cc1)n1cncc1C(=O)N1CCC(N2CCCC(O)C2)CC1. The van der Waals surface area contributed by atoms with Gasteiger partial charge in [-0.05, 0) is 68.0 Å². The first-order chi connectivity index (χ1) is 17.0. The van der Waals surface area contributed by atoms with Gasteiger partial charge < -0.3 is 14.6 Å². The van der Waals surface area contributed by atoms with E-state index in [-0.39, 0.29) is 23.9 Å². The van der Waals surface area contributed by atoms with E-state index in [1.54, 1.807) is 24.7 Å². The van der Waals surface area contributed by atoms with Crippen LogP contribution in [0.1, 0.15) is 54.7 Å². The maximum Gasteiger partial charge on any atom is 0.272 e. The number of imidazole rings is 1. The molecule has 5 rings (SSSR count). The standard InChI is InChI=1S/C28H33FN4O2/c1-20(25-6-2-3-7-26(25)21-8-10-22(29)11-9-21)33-19-30-17-27(33)28(35)31-15-12-23(13-16-31)32-14-4-5-24(34)18-32/h2-3,6-11,17,19-20,23-24,34H,4-5,12-16,18H2,1H3. The van der Waals surface area contributed by atoms with Gasteiger partial charge in [0.2, 0.25) is 0 Å². The molecule has 0 saturated carbocycles. The van der Waals surface area contributed by atoms with Crippen LogP contribution in [0.5, 0.6) is 0 Å². The Morgan fingerprint density at radius 2 is 1.80 bits per heavy atom. The number of piperidine rings is 2. The number of nitrogens with zero attached hydrogens (tertiary/aromatic N) is 4. The molecule has 2 atom stereocenters. The predicted molar refractivity (Wildman–Crippen MR) is 134 cm³/mol. The molecule has 0 aliphatic carbocycles. The van der Waals surface area contributed by atoms with Gasteiger partial charge >= 0.3 is 0 Å². The number of aliphatic hydroxyl groups is 1. The number of hydrogen-bond donors (Lipinski definition) is 1. The Bertz CT molecular complexity index is 1150. The molecule has 2 unspecified atom stereocenters. The van der Waals surface area contributed by atoms with Crippen molar-refractivity contribution in [2.75, 3.05) is 26.2 Å². The molecule has 2 aliphatic rings. The Labute approximate surface area is 206 Å². The number of aliphatic hydroxyl groups excluding tert-OH is 1. The van der Waals surface area contributed by atoms with E-state index >= 15 is 0 Å². The van der Waals surface area contributed by atoms with Crippen molar-refractivity contribution < 1.29 is 14.3 Å². The van der Waals surface area contributed by atoms with Gasteiger partial charge in [0.1, 0.15) is 11.5 Å². The van der Waals surface area contributed by atoms with Gasteiger partial charge in [-0.25, -0.2) is 9.37 Å². The highest BCUT2D eigenvalue weighted by molar-refractivity contribution is 5.92. The fourth-order valence-electron chi connectivity index (χ4n) is 5.59. The zero-order valence-corrected chi connectivity index (χ0v) is 20.2. The maximum atomic E-state index is 13.5. The number of carbonyl (C=O) groups is 1. The fraction of sp³-hybridized carbons (Fsp3) is 0.429. The van der Waals surface area contributed by atoms with Crippen molar-refractivity contribution >= 4 is 5.91 Å². The Kier molecular flexibility index (Phi) is 6.97.